The highest BCUT2D eigenvalue weighted by atomic mass is 16.2. The van der Waals surface area contributed by atoms with Crippen molar-refractivity contribution in [2.75, 3.05) is 18.9 Å². The number of hydrogen-bond donors (Lipinski definition) is 1. The lowest BCUT2D eigenvalue weighted by Crippen LogP contribution is -2.38. The number of benzene rings is 1. The van der Waals surface area contributed by atoms with Crippen molar-refractivity contribution in [2.24, 2.45) is 5.92 Å². The van der Waals surface area contributed by atoms with Crippen LogP contribution in [0.25, 0.3) is 10.9 Å². The lowest BCUT2D eigenvalue weighted by Gasteiger charge is -2.29. The van der Waals surface area contributed by atoms with Crippen LogP contribution in [0.4, 0.5) is 0 Å². The molecule has 1 saturated carbocycles. The Morgan fingerprint density at radius 1 is 1.26 bits per heavy atom. The molecule has 1 aromatic carbocycles. The second-order valence-electron chi connectivity index (χ2n) is 6.71. The van der Waals surface area contributed by atoms with Crippen molar-refractivity contribution in [3.8, 4) is 0 Å². The number of fused-ring (bicyclic) bond motifs is 1. The number of carbonyl (C=O) groups is 1. The van der Waals surface area contributed by atoms with Gasteiger partial charge >= 0.3 is 0 Å². The van der Waals surface area contributed by atoms with E-state index in [1.54, 1.807) is 4.68 Å². The molecule has 1 fully saturated rings. The Bertz CT molecular complexity index is 670. The van der Waals surface area contributed by atoms with Gasteiger partial charge in [-0.05, 0) is 37.3 Å². The summed E-state index contributed by atoms with van der Waals surface area (Å²) >= 11 is 0. The highest BCUT2D eigenvalue weighted by Gasteiger charge is 2.24. The van der Waals surface area contributed by atoms with Crippen LogP contribution >= 0.6 is 0 Å². The van der Waals surface area contributed by atoms with E-state index in [4.69, 9.17) is 5.84 Å². The minimum Gasteiger partial charge on any atom is -0.338 e. The van der Waals surface area contributed by atoms with E-state index in [2.05, 4.69) is 6.92 Å². The molecule has 0 spiro atoms. The van der Waals surface area contributed by atoms with E-state index in [0.717, 1.165) is 30.4 Å². The van der Waals surface area contributed by atoms with E-state index in [9.17, 15) is 4.79 Å². The van der Waals surface area contributed by atoms with E-state index < -0.39 is 0 Å². The predicted molar refractivity (Wildman–Crippen MR) is 94.9 cm³/mol. The Labute approximate surface area is 138 Å². The van der Waals surface area contributed by atoms with E-state index in [0.29, 0.717) is 11.6 Å². The molecule has 1 heterocycles. The molecule has 2 aromatic rings. The van der Waals surface area contributed by atoms with Crippen molar-refractivity contribution >= 4 is 16.8 Å². The molecule has 124 valence electrons. The molecule has 0 atom stereocenters. The zero-order valence-corrected chi connectivity index (χ0v) is 14.0. The van der Waals surface area contributed by atoms with Crippen LogP contribution < -0.4 is 5.84 Å². The minimum absolute atomic E-state index is 0.0659. The molecule has 0 bridgehead atoms. The maximum atomic E-state index is 13.0. The van der Waals surface area contributed by atoms with E-state index in [1.165, 1.54) is 32.1 Å². The normalized spacial score (nSPS) is 15.9. The molecular weight excluding hydrogens is 286 g/mol. The molecular formula is C19H27N3O. The highest BCUT2D eigenvalue weighted by molar-refractivity contribution is 5.98. The molecule has 2 N–H and O–H groups in total. The summed E-state index contributed by atoms with van der Waals surface area (Å²) in [5, 5.41) is 1.02. The smallest absolute Gasteiger partial charge is 0.272 e. The van der Waals surface area contributed by atoms with E-state index >= 15 is 0 Å². The monoisotopic (exact) mass is 313 g/mol. The number of amides is 1. The average molecular weight is 313 g/mol. The quantitative estimate of drug-likeness (QED) is 0.854. The van der Waals surface area contributed by atoms with Gasteiger partial charge in [0.05, 0.1) is 5.52 Å². The molecule has 4 heteroatoms. The number of nitrogens with two attached hydrogens (primary N) is 1. The van der Waals surface area contributed by atoms with Gasteiger partial charge in [-0.1, -0.05) is 44.4 Å². The molecule has 1 aliphatic carbocycles. The molecule has 1 amide bonds. The van der Waals surface area contributed by atoms with Gasteiger partial charge in [0.25, 0.3) is 5.91 Å². The summed E-state index contributed by atoms with van der Waals surface area (Å²) in [6.07, 6.45) is 7.42. The molecule has 0 saturated heterocycles. The number of carbonyl (C=O) groups excluding carboxylic acids is 1. The topological polar surface area (TPSA) is 51.3 Å². The zero-order valence-electron chi connectivity index (χ0n) is 14.0. The summed E-state index contributed by atoms with van der Waals surface area (Å²) in [5.74, 6) is 6.89. The van der Waals surface area contributed by atoms with Crippen LogP contribution in [0.3, 0.4) is 0 Å². The van der Waals surface area contributed by atoms with Gasteiger partial charge in [0, 0.05) is 18.5 Å². The number of hydrogen-bond acceptors (Lipinski definition) is 2. The third kappa shape index (κ3) is 3.36. The minimum atomic E-state index is 0.0659. The number of aromatic nitrogens is 1. The summed E-state index contributed by atoms with van der Waals surface area (Å²) in [4.78, 5) is 15.0. The lowest BCUT2D eigenvalue weighted by atomic mass is 9.89. The van der Waals surface area contributed by atoms with Crippen LogP contribution in [0, 0.1) is 5.92 Å². The van der Waals surface area contributed by atoms with Crippen molar-refractivity contribution < 1.29 is 4.79 Å². The third-order valence-corrected chi connectivity index (χ3v) is 4.95. The molecule has 3 rings (SSSR count). The van der Waals surface area contributed by atoms with Crippen molar-refractivity contribution in [2.45, 2.75) is 45.4 Å². The highest BCUT2D eigenvalue weighted by Crippen LogP contribution is 2.25. The Morgan fingerprint density at radius 3 is 2.70 bits per heavy atom. The molecule has 23 heavy (non-hydrogen) atoms. The second-order valence-corrected chi connectivity index (χ2v) is 6.71. The zero-order chi connectivity index (χ0) is 16.2. The standard InChI is InChI=1S/C19H27N3O/c1-2-12-21(14-15-8-4-3-5-9-15)19(23)18-13-16-10-6-7-11-17(16)22(18)20/h6-7,10-11,13,15H,2-5,8-9,12,14,20H2,1H3. The van der Waals surface area contributed by atoms with Gasteiger partial charge in [-0.2, -0.15) is 0 Å². The van der Waals surface area contributed by atoms with Crippen molar-refractivity contribution in [3.05, 3.63) is 36.0 Å². The Morgan fingerprint density at radius 2 is 2.00 bits per heavy atom. The van der Waals surface area contributed by atoms with Gasteiger partial charge in [-0.15, -0.1) is 0 Å². The first kappa shape index (κ1) is 15.9. The largest absolute Gasteiger partial charge is 0.338 e. The first-order valence-corrected chi connectivity index (χ1v) is 8.85. The Hall–Kier alpha value is -1.97. The van der Waals surface area contributed by atoms with Crippen LogP contribution in [-0.2, 0) is 0 Å². The maximum Gasteiger partial charge on any atom is 0.272 e. The van der Waals surface area contributed by atoms with Gasteiger partial charge in [-0.3, -0.25) is 9.47 Å². The molecule has 0 radical (unpaired) electrons. The molecule has 0 unspecified atom stereocenters. The first-order valence-electron chi connectivity index (χ1n) is 8.85. The van der Waals surface area contributed by atoms with Gasteiger partial charge < -0.3 is 10.7 Å². The van der Waals surface area contributed by atoms with Crippen LogP contribution in [0.15, 0.2) is 30.3 Å². The molecule has 0 aliphatic heterocycles. The number of nitrogen functional groups attached to an aromatic ring is 1. The van der Waals surface area contributed by atoms with Gasteiger partial charge in [0.1, 0.15) is 5.69 Å². The van der Waals surface area contributed by atoms with E-state index in [-0.39, 0.29) is 5.91 Å². The fourth-order valence-electron chi connectivity index (χ4n) is 3.73. The van der Waals surface area contributed by atoms with Crippen molar-refractivity contribution in [1.29, 1.82) is 0 Å². The molecule has 4 nitrogen and oxygen atoms in total. The van der Waals surface area contributed by atoms with Crippen LogP contribution in [-0.4, -0.2) is 28.6 Å². The fraction of sp³-hybridized carbons (Fsp3) is 0.526. The number of nitrogens with zero attached hydrogens (tertiary/aromatic N) is 2. The van der Waals surface area contributed by atoms with Crippen molar-refractivity contribution in [1.82, 2.24) is 9.58 Å². The summed E-state index contributed by atoms with van der Waals surface area (Å²) in [5.41, 5.74) is 1.50. The number of para-hydroxylation sites is 1. The first-order chi connectivity index (χ1) is 11.2. The Balaban J connectivity index is 1.82. The third-order valence-electron chi connectivity index (χ3n) is 4.95. The Kier molecular flexibility index (Phi) is 4.89. The van der Waals surface area contributed by atoms with Crippen LogP contribution in [0.5, 0.6) is 0 Å². The summed E-state index contributed by atoms with van der Waals surface area (Å²) in [6, 6.07) is 9.80. The van der Waals surface area contributed by atoms with Gasteiger partial charge in [0.2, 0.25) is 0 Å². The van der Waals surface area contributed by atoms with Gasteiger partial charge in [-0.25, -0.2) is 0 Å². The molecule has 1 aromatic heterocycles. The lowest BCUT2D eigenvalue weighted by molar-refractivity contribution is 0.0705. The summed E-state index contributed by atoms with van der Waals surface area (Å²) in [6.45, 7) is 3.80. The fourth-order valence-corrected chi connectivity index (χ4v) is 3.73. The predicted octanol–water partition coefficient (Wildman–Crippen LogP) is 3.79. The van der Waals surface area contributed by atoms with Gasteiger partial charge in [0.15, 0.2) is 0 Å². The second kappa shape index (κ2) is 7.07. The number of rotatable bonds is 5. The summed E-state index contributed by atoms with van der Waals surface area (Å²) < 4.78 is 1.54. The SMILES string of the molecule is CCCN(CC1CCCCC1)C(=O)c1cc2ccccc2n1N. The van der Waals surface area contributed by atoms with Crippen LogP contribution in [0.2, 0.25) is 0 Å². The summed E-state index contributed by atoms with van der Waals surface area (Å²) in [7, 11) is 0. The molecule has 1 aliphatic rings. The van der Waals surface area contributed by atoms with Crippen LogP contribution in [0.1, 0.15) is 55.9 Å². The van der Waals surface area contributed by atoms with Crippen molar-refractivity contribution in [3.63, 3.8) is 0 Å². The van der Waals surface area contributed by atoms with E-state index in [1.807, 2.05) is 35.2 Å². The maximum absolute atomic E-state index is 13.0. The average Bonchev–Trinajstić information content (AvgIpc) is 2.92.